The SMILES string of the molecule is CN1CC2CC1CN2C1CCN(C(=O)[C@@H](Cc2cc(C(F)(F)F)c(N)c(C(F)(F)F)c2)OC(=O)N2CCC(N3Cc4ccsc4NC3=O)CC2)CC1. The number of piperidine rings is 2. The number of likely N-dealkylation sites (N-methyl/N-ethyl adjacent to an activating group) is 1. The number of ether oxygens (including phenoxy) is 1. The van der Waals surface area contributed by atoms with Crippen LogP contribution in [0, 0.1) is 0 Å². The number of nitrogens with zero attached hydrogens (tertiary/aromatic N) is 5. The average Bonchev–Trinajstić information content (AvgIpc) is 3.83. The fraction of sp³-hybridized carbons (Fsp3) is 0.618. The number of carbonyl (C=O) groups excluding carboxylic acids is 3. The van der Waals surface area contributed by atoms with Gasteiger partial charge in [-0.2, -0.15) is 26.3 Å². The first-order valence-electron chi connectivity index (χ1n) is 17.5. The first-order chi connectivity index (χ1) is 24.6. The minimum atomic E-state index is -5.21. The van der Waals surface area contributed by atoms with Gasteiger partial charge < -0.3 is 30.1 Å². The number of piperazine rings is 1. The second-order valence-electron chi connectivity index (χ2n) is 14.5. The number of anilines is 2. The van der Waals surface area contributed by atoms with Gasteiger partial charge in [0, 0.05) is 75.4 Å². The molecule has 7 rings (SSSR count). The smallest absolute Gasteiger partial charge is 0.418 e. The van der Waals surface area contributed by atoms with Crippen molar-refractivity contribution >= 4 is 40.1 Å². The number of fused-ring (bicyclic) bond motifs is 3. The number of urea groups is 1. The largest absolute Gasteiger partial charge is 0.436 e. The van der Waals surface area contributed by atoms with Crippen LogP contribution in [0.2, 0.25) is 0 Å². The van der Waals surface area contributed by atoms with Gasteiger partial charge in [0.2, 0.25) is 0 Å². The number of nitrogens with one attached hydrogen (secondary N) is 1. The minimum Gasteiger partial charge on any atom is -0.436 e. The van der Waals surface area contributed by atoms with E-state index in [1.165, 1.54) is 21.1 Å². The molecule has 0 saturated carbocycles. The Morgan fingerprint density at radius 3 is 2.12 bits per heavy atom. The number of hydrogen-bond donors (Lipinski definition) is 2. The lowest BCUT2D eigenvalue weighted by Crippen LogP contribution is -2.55. The lowest BCUT2D eigenvalue weighted by Gasteiger charge is -2.42. The van der Waals surface area contributed by atoms with Crippen LogP contribution in [0.15, 0.2) is 23.6 Å². The van der Waals surface area contributed by atoms with Crippen molar-refractivity contribution in [1.29, 1.82) is 0 Å². The quantitative estimate of drug-likeness (QED) is 0.304. The summed E-state index contributed by atoms with van der Waals surface area (Å²) in [5, 5.41) is 5.56. The van der Waals surface area contributed by atoms with Crippen LogP contribution < -0.4 is 11.1 Å². The van der Waals surface area contributed by atoms with Gasteiger partial charge in [-0.25, -0.2) is 9.59 Å². The highest BCUT2D eigenvalue weighted by Gasteiger charge is 2.46. The van der Waals surface area contributed by atoms with Crippen LogP contribution in [0.1, 0.15) is 54.4 Å². The minimum absolute atomic E-state index is 0.168. The third-order valence-corrected chi connectivity index (χ3v) is 12.2. The van der Waals surface area contributed by atoms with Gasteiger partial charge in [0.05, 0.1) is 23.4 Å². The molecule has 4 saturated heterocycles. The second-order valence-corrected chi connectivity index (χ2v) is 15.4. The van der Waals surface area contributed by atoms with E-state index < -0.39 is 59.3 Å². The molecule has 1 aromatic carbocycles. The van der Waals surface area contributed by atoms with E-state index in [2.05, 4.69) is 22.2 Å². The van der Waals surface area contributed by atoms with Crippen LogP contribution in [-0.4, -0.2) is 119 Å². The number of nitrogens with two attached hydrogens (primary N) is 1. The molecule has 5 aliphatic heterocycles. The fourth-order valence-electron chi connectivity index (χ4n) is 8.50. The van der Waals surface area contributed by atoms with Crippen LogP contribution >= 0.6 is 11.3 Å². The Bertz CT molecular complexity index is 1650. The molecule has 5 aliphatic rings. The van der Waals surface area contributed by atoms with E-state index in [1.807, 2.05) is 11.4 Å². The number of rotatable bonds is 6. The van der Waals surface area contributed by atoms with E-state index in [0.29, 0.717) is 69.5 Å². The molecular weight excluding hydrogens is 716 g/mol. The van der Waals surface area contributed by atoms with Crippen molar-refractivity contribution in [3.63, 3.8) is 0 Å². The summed E-state index contributed by atoms with van der Waals surface area (Å²) in [5.41, 5.74) is 1.03. The predicted molar refractivity (Wildman–Crippen MR) is 179 cm³/mol. The lowest BCUT2D eigenvalue weighted by atomic mass is 9.97. The number of amides is 4. The molecule has 0 spiro atoms. The summed E-state index contributed by atoms with van der Waals surface area (Å²) in [5.74, 6) is -0.681. The third-order valence-electron chi connectivity index (χ3n) is 11.3. The Hall–Kier alpha value is -3.77. The topological polar surface area (TPSA) is 115 Å². The predicted octanol–water partition coefficient (Wildman–Crippen LogP) is 5.31. The highest BCUT2D eigenvalue weighted by Crippen LogP contribution is 2.42. The number of carbonyl (C=O) groups is 3. The molecule has 3 atom stereocenters. The van der Waals surface area contributed by atoms with Gasteiger partial charge in [-0.15, -0.1) is 11.3 Å². The zero-order valence-electron chi connectivity index (χ0n) is 28.5. The van der Waals surface area contributed by atoms with Crippen molar-refractivity contribution in [2.45, 2.75) is 87.7 Å². The molecule has 2 bridgehead atoms. The second kappa shape index (κ2) is 13.9. The van der Waals surface area contributed by atoms with Crippen LogP contribution in [-0.2, 0) is 34.8 Å². The highest BCUT2D eigenvalue weighted by atomic mass is 32.1. The van der Waals surface area contributed by atoms with Crippen molar-refractivity contribution in [3.8, 4) is 0 Å². The van der Waals surface area contributed by atoms with E-state index in [0.717, 1.165) is 30.1 Å². The Morgan fingerprint density at radius 1 is 0.923 bits per heavy atom. The van der Waals surface area contributed by atoms with Gasteiger partial charge in [-0.05, 0) is 68.3 Å². The summed E-state index contributed by atoms with van der Waals surface area (Å²) in [4.78, 5) is 49.7. The molecule has 2 unspecified atom stereocenters. The molecule has 11 nitrogen and oxygen atoms in total. The maximum absolute atomic E-state index is 14.0. The van der Waals surface area contributed by atoms with Gasteiger partial charge in [-0.1, -0.05) is 0 Å². The molecule has 6 heterocycles. The molecule has 4 fully saturated rings. The summed E-state index contributed by atoms with van der Waals surface area (Å²) in [7, 11) is 2.11. The molecule has 4 amide bonds. The van der Waals surface area contributed by atoms with Crippen LogP contribution in [0.25, 0.3) is 0 Å². The Balaban J connectivity index is 1.06. The van der Waals surface area contributed by atoms with E-state index >= 15 is 0 Å². The number of benzene rings is 1. The standard InChI is InChI=1S/C34H41F6N7O4S/c1-43-17-24-15-23(43)18-46(24)21-2-7-44(8-3-21)30(48)27(14-19-12-25(33(35,36)37)28(41)26(13-19)34(38,39)40)51-32(50)45-9-4-22(5-10-45)47-16-20-6-11-52-29(20)42-31(47)49/h6,11-13,21-24,27H,2-5,7-10,14-18,41H2,1H3,(H,42,49)/t23?,24?,27-/m1/s1. The number of halogens is 6. The number of nitrogen functional groups attached to an aromatic ring is 1. The normalized spacial score (nSPS) is 24.3. The summed E-state index contributed by atoms with van der Waals surface area (Å²) in [6.07, 6.45) is -10.5. The molecule has 3 N–H and O–H groups in total. The summed E-state index contributed by atoms with van der Waals surface area (Å²) in [6, 6.07) is 3.65. The average molecular weight is 758 g/mol. The number of thiophene rings is 1. The monoisotopic (exact) mass is 757 g/mol. The number of hydrogen-bond acceptors (Lipinski definition) is 8. The molecule has 0 aliphatic carbocycles. The van der Waals surface area contributed by atoms with Crippen molar-refractivity contribution in [2.24, 2.45) is 0 Å². The Morgan fingerprint density at radius 2 is 1.54 bits per heavy atom. The molecule has 1 aromatic heterocycles. The van der Waals surface area contributed by atoms with Gasteiger partial charge in [0.1, 0.15) is 5.00 Å². The zero-order chi connectivity index (χ0) is 37.1. The van der Waals surface area contributed by atoms with E-state index in [4.69, 9.17) is 10.5 Å². The number of likely N-dealkylation sites (tertiary alicyclic amines) is 4. The first kappa shape index (κ1) is 36.6. The van der Waals surface area contributed by atoms with Gasteiger partial charge in [0.25, 0.3) is 5.91 Å². The summed E-state index contributed by atoms with van der Waals surface area (Å²) >= 11 is 1.43. The van der Waals surface area contributed by atoms with Gasteiger partial charge >= 0.3 is 24.5 Å². The number of alkyl halides is 6. The van der Waals surface area contributed by atoms with Crippen molar-refractivity contribution in [2.75, 3.05) is 57.4 Å². The fourth-order valence-corrected chi connectivity index (χ4v) is 9.30. The molecule has 18 heteroatoms. The van der Waals surface area contributed by atoms with E-state index in [-0.39, 0.29) is 31.2 Å². The highest BCUT2D eigenvalue weighted by molar-refractivity contribution is 7.14. The van der Waals surface area contributed by atoms with Crippen LogP contribution in [0.5, 0.6) is 0 Å². The third kappa shape index (κ3) is 7.25. The van der Waals surface area contributed by atoms with Crippen LogP contribution in [0.4, 0.5) is 46.6 Å². The van der Waals surface area contributed by atoms with Crippen molar-refractivity contribution in [3.05, 3.63) is 45.8 Å². The van der Waals surface area contributed by atoms with E-state index in [1.54, 1.807) is 4.90 Å². The Labute approximate surface area is 300 Å². The zero-order valence-corrected chi connectivity index (χ0v) is 29.3. The summed E-state index contributed by atoms with van der Waals surface area (Å²) < 4.78 is 89.0. The van der Waals surface area contributed by atoms with Gasteiger partial charge in [-0.3, -0.25) is 15.0 Å². The van der Waals surface area contributed by atoms with E-state index in [9.17, 15) is 40.7 Å². The maximum Gasteiger partial charge on any atom is 0.418 e. The van der Waals surface area contributed by atoms with Crippen molar-refractivity contribution < 1.29 is 45.5 Å². The van der Waals surface area contributed by atoms with Crippen LogP contribution in [0.3, 0.4) is 0 Å². The molecule has 0 radical (unpaired) electrons. The lowest BCUT2D eigenvalue weighted by molar-refractivity contribution is -0.142. The molecular formula is C34H41F6N7O4S. The molecule has 2 aromatic rings. The molecule has 52 heavy (non-hydrogen) atoms. The Kier molecular flexibility index (Phi) is 9.78. The molecule has 284 valence electrons. The summed E-state index contributed by atoms with van der Waals surface area (Å²) in [6.45, 7) is 3.28. The maximum atomic E-state index is 14.0. The first-order valence-corrected chi connectivity index (χ1v) is 18.4. The van der Waals surface area contributed by atoms with Gasteiger partial charge in [0.15, 0.2) is 6.10 Å². The van der Waals surface area contributed by atoms with Crippen molar-refractivity contribution in [1.82, 2.24) is 24.5 Å².